The molecule has 3 heterocycles. The first kappa shape index (κ1) is 15.2. The van der Waals surface area contributed by atoms with Gasteiger partial charge >= 0.3 is 0 Å². The van der Waals surface area contributed by atoms with Gasteiger partial charge in [0.1, 0.15) is 0 Å². The number of hydrogen-bond donors (Lipinski definition) is 1. The molecular formula is C17H14N4OS2. The molecule has 120 valence electrons. The van der Waals surface area contributed by atoms with Gasteiger partial charge in [-0.1, -0.05) is 36.0 Å². The van der Waals surface area contributed by atoms with Gasteiger partial charge in [-0.05, 0) is 35.9 Å². The highest BCUT2D eigenvalue weighted by Crippen LogP contribution is 2.36. The summed E-state index contributed by atoms with van der Waals surface area (Å²) in [6, 6.07) is 12.0. The number of benzene rings is 1. The molecule has 0 saturated heterocycles. The van der Waals surface area contributed by atoms with Crippen LogP contribution in [0.4, 0.5) is 5.69 Å². The zero-order valence-corrected chi connectivity index (χ0v) is 14.5. The van der Waals surface area contributed by atoms with E-state index in [1.165, 1.54) is 16.6 Å². The molecule has 0 fully saturated rings. The maximum atomic E-state index is 6.06. The van der Waals surface area contributed by atoms with Crippen molar-refractivity contribution in [1.29, 1.82) is 0 Å². The first-order valence-electron chi connectivity index (χ1n) is 7.36. The molecule has 1 aliphatic rings. The van der Waals surface area contributed by atoms with Crippen molar-refractivity contribution in [3.05, 3.63) is 52.7 Å². The Morgan fingerprint density at radius 3 is 2.96 bits per heavy atom. The van der Waals surface area contributed by atoms with Crippen molar-refractivity contribution in [2.75, 3.05) is 11.6 Å². The number of thiophene rings is 1. The summed E-state index contributed by atoms with van der Waals surface area (Å²) in [7, 11) is 0. The van der Waals surface area contributed by atoms with E-state index in [2.05, 4.69) is 26.6 Å². The van der Waals surface area contributed by atoms with Crippen molar-refractivity contribution in [3.8, 4) is 17.1 Å². The fourth-order valence-corrected chi connectivity index (χ4v) is 3.33. The van der Waals surface area contributed by atoms with Crippen LogP contribution < -0.4 is 10.1 Å². The molecule has 7 heteroatoms. The molecule has 4 rings (SSSR count). The normalized spacial score (nSPS) is 16.0. The number of fused-ring (bicyclic) bond motifs is 3. The van der Waals surface area contributed by atoms with E-state index in [0.29, 0.717) is 16.7 Å². The van der Waals surface area contributed by atoms with Gasteiger partial charge in [-0.25, -0.2) is 0 Å². The number of nitrogens with zero attached hydrogens (tertiary/aromatic N) is 3. The first-order chi connectivity index (χ1) is 11.8. The van der Waals surface area contributed by atoms with E-state index in [-0.39, 0.29) is 6.23 Å². The Hall–Kier alpha value is -2.38. The number of hydrogen-bond acceptors (Lipinski definition) is 7. The fraction of sp³-hybridized carbons (Fsp3) is 0.118. The fourth-order valence-electron chi connectivity index (χ4n) is 2.41. The van der Waals surface area contributed by atoms with Crippen LogP contribution in [0.25, 0.3) is 17.3 Å². The lowest BCUT2D eigenvalue weighted by atomic mass is 10.1. The van der Waals surface area contributed by atoms with Crippen LogP contribution >= 0.6 is 23.1 Å². The Kier molecular flexibility index (Phi) is 4.18. The maximum absolute atomic E-state index is 6.06. The smallest absolute Gasteiger partial charge is 0.247 e. The SMILES string of the molecule is CSc1nnc2c(n1)OC(C=Cc1cccs1)Nc1ccccc1-2. The molecule has 3 aromatic rings. The van der Waals surface area contributed by atoms with Crippen LogP contribution in [-0.4, -0.2) is 27.7 Å². The van der Waals surface area contributed by atoms with Gasteiger partial charge in [-0.3, -0.25) is 0 Å². The van der Waals surface area contributed by atoms with E-state index in [9.17, 15) is 0 Å². The highest BCUT2D eigenvalue weighted by Gasteiger charge is 2.23. The third-order valence-electron chi connectivity index (χ3n) is 3.51. The molecule has 1 aromatic carbocycles. The summed E-state index contributed by atoms with van der Waals surface area (Å²) in [5.41, 5.74) is 2.54. The van der Waals surface area contributed by atoms with Crippen molar-refractivity contribution in [3.63, 3.8) is 0 Å². The van der Waals surface area contributed by atoms with E-state index in [1.807, 2.05) is 54.1 Å². The van der Waals surface area contributed by atoms with E-state index in [4.69, 9.17) is 4.74 Å². The summed E-state index contributed by atoms with van der Waals surface area (Å²) in [6.45, 7) is 0. The zero-order valence-electron chi connectivity index (χ0n) is 12.8. The van der Waals surface area contributed by atoms with Gasteiger partial charge in [0.2, 0.25) is 11.0 Å². The van der Waals surface area contributed by atoms with Gasteiger partial charge in [0.05, 0.1) is 0 Å². The molecule has 0 radical (unpaired) electrons. The summed E-state index contributed by atoms with van der Waals surface area (Å²) in [5.74, 6) is 0.493. The van der Waals surface area contributed by atoms with Crippen LogP contribution in [0, 0.1) is 0 Å². The molecule has 24 heavy (non-hydrogen) atoms. The standard InChI is InChI=1S/C17H14N4OS2/c1-23-17-19-16-15(20-21-17)12-6-2-3-7-13(12)18-14(22-16)9-8-11-5-4-10-24-11/h2-10,14,18H,1H3. The monoisotopic (exact) mass is 354 g/mol. The highest BCUT2D eigenvalue weighted by molar-refractivity contribution is 7.98. The van der Waals surface area contributed by atoms with Gasteiger partial charge in [-0.2, -0.15) is 4.98 Å². The lowest BCUT2D eigenvalue weighted by Crippen LogP contribution is -2.23. The van der Waals surface area contributed by atoms with Crippen molar-refractivity contribution in [2.24, 2.45) is 0 Å². The molecule has 0 aliphatic carbocycles. The summed E-state index contributed by atoms with van der Waals surface area (Å²) in [5, 5.41) is 14.5. The molecule has 5 nitrogen and oxygen atoms in total. The van der Waals surface area contributed by atoms with Crippen LogP contribution in [0.3, 0.4) is 0 Å². The van der Waals surface area contributed by atoms with E-state index in [1.54, 1.807) is 11.3 Å². The molecular weight excluding hydrogens is 340 g/mol. The minimum Gasteiger partial charge on any atom is -0.448 e. The predicted molar refractivity (Wildman–Crippen MR) is 98.4 cm³/mol. The molecule has 2 aromatic heterocycles. The van der Waals surface area contributed by atoms with E-state index < -0.39 is 0 Å². The third-order valence-corrected chi connectivity index (χ3v) is 4.89. The first-order valence-corrected chi connectivity index (χ1v) is 9.47. The number of anilines is 1. The second-order valence-electron chi connectivity index (χ2n) is 5.06. The number of para-hydroxylation sites is 1. The minimum atomic E-state index is -0.332. The Balaban J connectivity index is 1.75. The largest absolute Gasteiger partial charge is 0.448 e. The van der Waals surface area contributed by atoms with Gasteiger partial charge < -0.3 is 10.1 Å². The van der Waals surface area contributed by atoms with Gasteiger partial charge in [-0.15, -0.1) is 21.5 Å². The van der Waals surface area contributed by atoms with Crippen LogP contribution in [0.2, 0.25) is 0 Å². The topological polar surface area (TPSA) is 59.9 Å². The van der Waals surface area contributed by atoms with Crippen molar-refractivity contribution >= 4 is 34.9 Å². The Labute approximate surface area is 147 Å². The summed E-state index contributed by atoms with van der Waals surface area (Å²) in [4.78, 5) is 5.65. The lowest BCUT2D eigenvalue weighted by molar-refractivity contribution is 0.266. The Morgan fingerprint density at radius 1 is 1.21 bits per heavy atom. The van der Waals surface area contributed by atoms with Crippen LogP contribution in [0.5, 0.6) is 5.88 Å². The summed E-state index contributed by atoms with van der Waals surface area (Å²) in [6.07, 6.45) is 5.61. The Morgan fingerprint density at radius 2 is 2.12 bits per heavy atom. The molecule has 1 atom stereocenters. The number of thioether (sulfide) groups is 1. The molecule has 0 amide bonds. The molecule has 1 N–H and O–H groups in total. The summed E-state index contributed by atoms with van der Waals surface area (Å²) < 4.78 is 6.06. The average molecular weight is 354 g/mol. The molecule has 0 bridgehead atoms. The lowest BCUT2D eigenvalue weighted by Gasteiger charge is -2.15. The van der Waals surface area contributed by atoms with Crippen molar-refractivity contribution < 1.29 is 4.74 Å². The number of ether oxygens (including phenoxy) is 1. The number of aromatic nitrogens is 3. The molecule has 1 unspecified atom stereocenters. The minimum absolute atomic E-state index is 0.332. The van der Waals surface area contributed by atoms with Gasteiger partial charge in [0, 0.05) is 16.1 Å². The van der Waals surface area contributed by atoms with E-state index >= 15 is 0 Å². The number of rotatable bonds is 3. The molecule has 0 saturated carbocycles. The number of nitrogens with one attached hydrogen (secondary N) is 1. The van der Waals surface area contributed by atoms with E-state index in [0.717, 1.165) is 11.3 Å². The Bertz CT molecular complexity index is 880. The van der Waals surface area contributed by atoms with Crippen LogP contribution in [0.15, 0.2) is 53.0 Å². The third kappa shape index (κ3) is 3.00. The molecule has 1 aliphatic heterocycles. The van der Waals surface area contributed by atoms with Gasteiger partial charge in [0.15, 0.2) is 11.9 Å². The average Bonchev–Trinajstić information content (AvgIpc) is 3.08. The molecule has 0 spiro atoms. The zero-order chi connectivity index (χ0) is 16.4. The summed E-state index contributed by atoms with van der Waals surface area (Å²) >= 11 is 3.12. The van der Waals surface area contributed by atoms with Crippen LogP contribution in [-0.2, 0) is 0 Å². The maximum Gasteiger partial charge on any atom is 0.247 e. The van der Waals surface area contributed by atoms with Crippen molar-refractivity contribution in [1.82, 2.24) is 15.2 Å². The second kappa shape index (κ2) is 6.62. The second-order valence-corrected chi connectivity index (χ2v) is 6.81. The van der Waals surface area contributed by atoms with Crippen molar-refractivity contribution in [2.45, 2.75) is 11.4 Å². The quantitative estimate of drug-likeness (QED) is 0.713. The van der Waals surface area contributed by atoms with Crippen LogP contribution in [0.1, 0.15) is 4.88 Å². The highest BCUT2D eigenvalue weighted by atomic mass is 32.2. The van der Waals surface area contributed by atoms with Gasteiger partial charge in [0.25, 0.3) is 0 Å². The predicted octanol–water partition coefficient (Wildman–Crippen LogP) is 4.17.